The Bertz CT molecular complexity index is 6330. The van der Waals surface area contributed by atoms with Crippen molar-refractivity contribution in [2.75, 3.05) is 84.5 Å². The number of anilines is 4. The summed E-state index contributed by atoms with van der Waals surface area (Å²) in [6.45, 7) is 10.2. The molecule has 0 unspecified atom stereocenters. The molecule has 2 saturated heterocycles. The molecule has 0 spiro atoms. The molecule has 8 aromatic heterocycles. The van der Waals surface area contributed by atoms with Gasteiger partial charge in [-0.25, -0.2) is 19.9 Å². The highest BCUT2D eigenvalue weighted by atomic mass is 35.5. The van der Waals surface area contributed by atoms with Crippen LogP contribution in [0.1, 0.15) is 67.7 Å². The molecule has 0 amide bonds. The molecule has 796 valence electrons. The minimum atomic E-state index is -5.77. The van der Waals surface area contributed by atoms with Gasteiger partial charge < -0.3 is 42.5 Å². The van der Waals surface area contributed by atoms with Crippen molar-refractivity contribution in [2.24, 2.45) is 28.9 Å². The van der Waals surface area contributed by atoms with Gasteiger partial charge in [0.2, 0.25) is 0 Å². The van der Waals surface area contributed by atoms with Crippen molar-refractivity contribution >= 4 is 197 Å². The van der Waals surface area contributed by atoms with E-state index in [2.05, 4.69) is 79.4 Å². The first-order chi connectivity index (χ1) is 68.2. The molecule has 24 nitrogen and oxygen atoms in total. The molecular weight excluding hydrogens is 2200 g/mol. The van der Waals surface area contributed by atoms with Crippen LogP contribution in [0.2, 0.25) is 40.2 Å². The first-order valence-corrected chi connectivity index (χ1v) is 46.4. The number of pyridine rings is 4. The first kappa shape index (κ1) is 121. The van der Waals surface area contributed by atoms with Crippen molar-refractivity contribution in [3.05, 3.63) is 209 Å². The van der Waals surface area contributed by atoms with Gasteiger partial charge in [-0.05, 0) is 139 Å². The van der Waals surface area contributed by atoms with Gasteiger partial charge in [0.1, 0.15) is 45.9 Å². The van der Waals surface area contributed by atoms with Crippen LogP contribution in [0, 0.1) is 5.92 Å². The highest BCUT2D eigenvalue weighted by Crippen LogP contribution is 2.42. The predicted octanol–water partition coefficient (Wildman–Crippen LogP) is 23.3. The van der Waals surface area contributed by atoms with Crippen LogP contribution < -0.4 is 42.5 Å². The maximum absolute atomic E-state index is 11.2. The normalized spacial score (nSPS) is 13.6. The summed E-state index contributed by atoms with van der Waals surface area (Å²) in [6, 6.07) is 30.3. The van der Waals surface area contributed by atoms with Gasteiger partial charge >= 0.3 is 95.7 Å². The molecule has 3 aliphatic rings. The predicted molar refractivity (Wildman–Crippen MR) is 508 cm³/mol. The molecule has 0 radical (unpaired) electrons. The summed E-state index contributed by atoms with van der Waals surface area (Å²) in [7, 11) is 3.96. The van der Waals surface area contributed by atoms with E-state index in [0.29, 0.717) is 66.4 Å². The van der Waals surface area contributed by atoms with Crippen LogP contribution in [0.5, 0.6) is 0 Å². The largest absolute Gasteiger partial charge is 0.458 e. The Morgan fingerprint density at radius 1 is 0.340 bits per heavy atom. The number of thioether (sulfide) groups is 1. The number of carbonyl (C=O) groups is 8. The standard InChI is InChI=1S/C21H24Cl2N4.C19H20Cl2N4.C18H18Cl2N4S.C16H16Cl2N4.4C4F6O2/c1-2-7-26(12-14-3-4-14)21-11-25-20-8-15(10-24)18(13-27(20)21)17-6-5-16(22)9-19(17)23;20-14-4-5-15(17(21)9-14)16-12-25-18(8-13(16)10-22)23-11-19(25)24-6-2-1-3-7-24;19-13-1-2-14(16(20)8-13)15-11-24-17(7-12(15)9-21)22-10-18(24)23-3-5-25-6-4-23;1-21(2)16-8-20-15-5-10(7-19)13(9-22(15)16)12-4-3-11(17)6-14(12)18;4*5-3(6,7)1(11)2(12)4(8,9)10/h5-6,8-9,11,13-14H,2-4,7,10,12,24H2,1H3;4-5,8-9,11-12H,1-3,6-7,10,22H2;1-2,7-8,10-11H,3-6,9,21H2;3-6,8-9H,7,19H2,1-2H3;;;;. The molecule has 2 aliphatic heterocycles. The number of halogens is 32. The van der Waals surface area contributed by atoms with Crippen LogP contribution in [0.15, 0.2) is 147 Å². The number of ketones is 8. The first-order valence-electron chi connectivity index (χ1n) is 42.2. The Hall–Kier alpha value is -11.0. The molecule has 4 aromatic carbocycles. The van der Waals surface area contributed by atoms with Gasteiger partial charge in [0.05, 0.1) is 24.8 Å². The van der Waals surface area contributed by atoms with Gasteiger partial charge in [-0.1, -0.05) is 124 Å². The fraction of sp³-hybridized carbons (Fsp3) is 0.333. The Morgan fingerprint density at radius 3 is 0.830 bits per heavy atom. The van der Waals surface area contributed by atoms with E-state index < -0.39 is 95.7 Å². The number of alkyl halides is 24. The van der Waals surface area contributed by atoms with Crippen molar-refractivity contribution < 1.29 is 144 Å². The van der Waals surface area contributed by atoms with Crippen LogP contribution in [0.3, 0.4) is 0 Å². The minimum Gasteiger partial charge on any atom is -0.363 e. The Labute approximate surface area is 860 Å². The van der Waals surface area contributed by atoms with Crippen LogP contribution in [0.4, 0.5) is 129 Å². The number of imidazole rings is 4. The van der Waals surface area contributed by atoms with Crippen molar-refractivity contribution in [1.29, 1.82) is 0 Å². The van der Waals surface area contributed by atoms with Crippen LogP contribution >= 0.6 is 105 Å². The van der Waals surface area contributed by atoms with E-state index in [1.165, 1.54) is 32.1 Å². The monoisotopic (exact) mass is 2280 g/mol. The topological polar surface area (TPSA) is 323 Å². The second-order valence-corrected chi connectivity index (χ2v) is 36.2. The van der Waals surface area contributed by atoms with Crippen molar-refractivity contribution in [1.82, 2.24) is 37.5 Å². The Kier molecular flexibility index (Phi) is 41.7. The average Bonchev–Trinajstić information content (AvgIpc) is 1.63. The van der Waals surface area contributed by atoms with E-state index in [4.69, 9.17) is 116 Å². The lowest BCUT2D eigenvalue weighted by molar-refractivity contribution is -0.193. The lowest BCUT2D eigenvalue weighted by Crippen LogP contribution is -2.39. The van der Waals surface area contributed by atoms with E-state index in [1.807, 2.05) is 133 Å². The van der Waals surface area contributed by atoms with Crippen molar-refractivity contribution in [2.45, 2.75) is 121 Å². The number of hydrogen-bond acceptors (Lipinski definition) is 21. The van der Waals surface area contributed by atoms with Gasteiger partial charge in [-0.2, -0.15) is 117 Å². The van der Waals surface area contributed by atoms with E-state index in [0.717, 1.165) is 176 Å². The highest BCUT2D eigenvalue weighted by Gasteiger charge is 2.57. The molecule has 57 heteroatoms. The summed E-state index contributed by atoms with van der Waals surface area (Å²) in [4.78, 5) is 104. The van der Waals surface area contributed by atoms with E-state index in [9.17, 15) is 144 Å². The van der Waals surface area contributed by atoms with E-state index >= 15 is 0 Å². The summed E-state index contributed by atoms with van der Waals surface area (Å²) in [5.74, 6) is -19.8. The van der Waals surface area contributed by atoms with Crippen molar-refractivity contribution in [3.63, 3.8) is 0 Å². The third-order valence-electron chi connectivity index (χ3n) is 21.0. The minimum absolute atomic E-state index is 0.412. The zero-order valence-corrected chi connectivity index (χ0v) is 82.5. The molecule has 3 fully saturated rings. The quantitative estimate of drug-likeness (QED) is 0.0407. The third kappa shape index (κ3) is 32.5. The fourth-order valence-corrected chi connectivity index (χ4v) is 16.8. The number of piperidine rings is 1. The highest BCUT2D eigenvalue weighted by molar-refractivity contribution is 7.99. The molecule has 1 aliphatic carbocycles. The summed E-state index contributed by atoms with van der Waals surface area (Å²) < 4.78 is 276. The molecule has 1 saturated carbocycles. The molecule has 0 atom stereocenters. The van der Waals surface area contributed by atoms with Crippen LogP contribution in [-0.2, 0) is 64.5 Å². The van der Waals surface area contributed by atoms with Gasteiger partial charge in [0.15, 0.2) is 0 Å². The second kappa shape index (κ2) is 50.6. The van der Waals surface area contributed by atoms with Gasteiger partial charge in [0.25, 0.3) is 0 Å². The van der Waals surface area contributed by atoms with Crippen LogP contribution in [0.25, 0.3) is 67.1 Å². The maximum Gasteiger partial charge on any atom is 0.458 e. The zero-order valence-electron chi connectivity index (χ0n) is 75.6. The number of carbonyl (C=O) groups excluding carboxylic acids is 8. The second-order valence-electron chi connectivity index (χ2n) is 31.6. The smallest absolute Gasteiger partial charge is 0.363 e. The number of hydrogen-bond donors (Lipinski definition) is 4. The third-order valence-corrected chi connectivity index (χ3v) is 24.1. The number of nitrogens with zero attached hydrogens (tertiary/aromatic N) is 12. The lowest BCUT2D eigenvalue weighted by Gasteiger charge is -2.28. The molecular formula is C90H78Cl8F24N16O8S. The number of benzene rings is 4. The summed E-state index contributed by atoms with van der Waals surface area (Å²) >= 11 is 51.9. The average molecular weight is 2280 g/mol. The zero-order chi connectivity index (χ0) is 110. The summed E-state index contributed by atoms with van der Waals surface area (Å²) in [5.41, 5.74) is 39.3. The number of aromatic nitrogens is 8. The van der Waals surface area contributed by atoms with Gasteiger partial charge in [0, 0.05) is 201 Å². The molecule has 8 N–H and O–H groups in total. The number of fused-ring (bicyclic) bond motifs is 4. The molecule has 10 heterocycles. The maximum atomic E-state index is 11.2. The summed E-state index contributed by atoms with van der Waals surface area (Å²) in [5, 5.41) is 4.97. The lowest BCUT2D eigenvalue weighted by atomic mass is 10.0. The SMILES string of the molecule is CCCN(CC1CC1)c1cnc2cc(CN)c(-c3ccc(Cl)cc3Cl)cn12.CN(C)c1cnc2cc(CN)c(-c3ccc(Cl)cc3Cl)cn12.NCc1cc2ncc(N3CCCCC3)n2cc1-c1ccc(Cl)cc1Cl.NCc1cc2ncc(N3CCSCC3)n2cc1-c1ccc(Cl)cc1Cl.O=C(C(=O)C(F)(F)F)C(F)(F)F.O=C(C(=O)C(F)(F)F)C(F)(F)F.O=C(C(=O)C(F)(F)F)C(F)(F)F.O=C(C(=O)C(F)(F)F)C(F)(F)F. The number of rotatable bonds is 20. The number of nitrogens with two attached hydrogens (primary N) is 4. The number of Topliss-reactive ketones (excluding diaryl/α,β-unsaturated/α-hetero) is 8. The molecule has 12 aromatic rings. The molecule has 147 heavy (non-hydrogen) atoms. The van der Waals surface area contributed by atoms with Crippen molar-refractivity contribution in [3.8, 4) is 44.5 Å². The van der Waals surface area contributed by atoms with E-state index in [-0.39, 0.29) is 0 Å². The van der Waals surface area contributed by atoms with Gasteiger partial charge in [-0.15, -0.1) is 0 Å². The van der Waals surface area contributed by atoms with E-state index in [1.54, 1.807) is 24.3 Å². The van der Waals surface area contributed by atoms with Gasteiger partial charge in [-0.3, -0.25) is 56.0 Å². The Morgan fingerprint density at radius 2 is 0.585 bits per heavy atom. The molecule has 0 bridgehead atoms. The van der Waals surface area contributed by atoms with Crippen LogP contribution in [-0.4, -0.2) is 198 Å². The Balaban J connectivity index is 0.000000210. The summed E-state index contributed by atoms with van der Waals surface area (Å²) in [6.07, 6.45) is -22.6. The fourth-order valence-electron chi connectivity index (χ4n) is 13.8. The molecule has 15 rings (SSSR count).